The molecule has 5 N–H and O–H groups in total. The number of hydrogen-bond donors (Lipinski definition) is 5. The molecular weight excluding hydrogens is 524 g/mol. The van der Waals surface area contributed by atoms with E-state index in [2.05, 4.69) is 36.0 Å². The molecule has 0 bridgehead atoms. The number of H-pyrrole nitrogens is 1. The van der Waals surface area contributed by atoms with Crippen LogP contribution < -0.4 is 16.2 Å². The number of carbonyl (C=O) groups is 2. The van der Waals surface area contributed by atoms with E-state index in [1.807, 2.05) is 37.8 Å². The van der Waals surface area contributed by atoms with E-state index >= 15 is 0 Å². The number of aliphatic hydroxyl groups excluding tert-OH is 1. The third-order valence-corrected chi connectivity index (χ3v) is 7.41. The van der Waals surface area contributed by atoms with Gasteiger partial charge in [-0.1, -0.05) is 6.42 Å². The third-order valence-electron chi connectivity index (χ3n) is 7.41. The Hall–Kier alpha value is -3.58. The molecule has 1 saturated heterocycles. The lowest BCUT2D eigenvalue weighted by Gasteiger charge is -2.38. The number of pyridine rings is 1. The van der Waals surface area contributed by atoms with E-state index in [0.717, 1.165) is 51.1 Å². The lowest BCUT2D eigenvalue weighted by atomic mass is 9.83. The molecule has 3 aromatic rings. The standard InChI is InChI=1S/C29H40N8O4/c1-29(2,3)41-28(40)37-13-11-36(12-14-37)18-20-9-10-30-24(15-20)33-27-31-22-8-7-21(17-23(22)32-27)26(39)35-34-25(38)16-19-5-4-6-19/h7-10,15,17,19,28,40H,4-6,11-14,16,18H2,1-3H3,(H,34,38)(H,35,39)(H2,30,31,32,33). The van der Waals surface area contributed by atoms with E-state index in [9.17, 15) is 14.7 Å². The average Bonchev–Trinajstić information content (AvgIpc) is 3.30. The van der Waals surface area contributed by atoms with Crippen molar-refractivity contribution in [3.8, 4) is 0 Å². The molecule has 5 rings (SSSR count). The van der Waals surface area contributed by atoms with Crippen LogP contribution in [0.2, 0.25) is 0 Å². The first-order valence-corrected chi connectivity index (χ1v) is 14.2. The molecule has 0 radical (unpaired) electrons. The van der Waals surface area contributed by atoms with Gasteiger partial charge in [-0.05, 0) is 75.4 Å². The number of hydrazine groups is 1. The summed E-state index contributed by atoms with van der Waals surface area (Å²) in [5.74, 6) is 1.04. The molecule has 12 nitrogen and oxygen atoms in total. The van der Waals surface area contributed by atoms with Gasteiger partial charge in [0.05, 0.1) is 16.6 Å². The van der Waals surface area contributed by atoms with E-state index in [0.29, 0.717) is 40.7 Å². The maximum atomic E-state index is 12.6. The van der Waals surface area contributed by atoms with Crippen LogP contribution in [0, 0.1) is 5.92 Å². The summed E-state index contributed by atoms with van der Waals surface area (Å²) in [4.78, 5) is 41.0. The zero-order chi connectivity index (χ0) is 29.0. The summed E-state index contributed by atoms with van der Waals surface area (Å²) in [6.07, 6.45) is 4.63. The van der Waals surface area contributed by atoms with Gasteiger partial charge >= 0.3 is 0 Å². The first-order chi connectivity index (χ1) is 19.6. The van der Waals surface area contributed by atoms with Crippen molar-refractivity contribution in [1.82, 2.24) is 35.6 Å². The van der Waals surface area contributed by atoms with Crippen molar-refractivity contribution in [1.29, 1.82) is 0 Å². The molecule has 220 valence electrons. The van der Waals surface area contributed by atoms with E-state index in [1.54, 1.807) is 24.4 Å². The number of nitrogens with one attached hydrogen (secondary N) is 4. The van der Waals surface area contributed by atoms with Gasteiger partial charge in [-0.3, -0.25) is 30.2 Å². The smallest absolute Gasteiger partial charge is 0.269 e. The first-order valence-electron chi connectivity index (χ1n) is 14.2. The third kappa shape index (κ3) is 8.00. The van der Waals surface area contributed by atoms with Gasteiger partial charge in [0.15, 0.2) is 0 Å². The summed E-state index contributed by atoms with van der Waals surface area (Å²) in [5.41, 5.74) is 7.51. The van der Waals surface area contributed by atoms with Crippen molar-refractivity contribution < 1.29 is 19.4 Å². The maximum absolute atomic E-state index is 12.6. The number of anilines is 2. The Balaban J connectivity index is 1.13. The van der Waals surface area contributed by atoms with Crippen molar-refractivity contribution in [3.05, 3.63) is 47.7 Å². The molecule has 0 spiro atoms. The molecule has 2 amide bonds. The number of imidazole rings is 1. The van der Waals surface area contributed by atoms with E-state index in [4.69, 9.17) is 4.74 Å². The number of benzene rings is 1. The molecule has 1 aliphatic carbocycles. The van der Waals surface area contributed by atoms with E-state index < -0.39 is 12.0 Å². The molecule has 1 aliphatic heterocycles. The van der Waals surface area contributed by atoms with E-state index in [-0.39, 0.29) is 11.8 Å². The highest BCUT2D eigenvalue weighted by Gasteiger charge is 2.26. The lowest BCUT2D eigenvalue weighted by Crippen LogP contribution is -2.52. The number of aliphatic hydroxyl groups is 1. The second kappa shape index (κ2) is 12.5. The molecule has 1 aromatic carbocycles. The van der Waals surface area contributed by atoms with Gasteiger partial charge in [0.25, 0.3) is 5.91 Å². The Morgan fingerprint density at radius 1 is 1.12 bits per heavy atom. The molecular formula is C29H40N8O4. The van der Waals surface area contributed by atoms with Gasteiger partial charge in [0.1, 0.15) is 5.82 Å². The highest BCUT2D eigenvalue weighted by Crippen LogP contribution is 2.29. The maximum Gasteiger partial charge on any atom is 0.269 e. The molecule has 1 atom stereocenters. The minimum absolute atomic E-state index is 0.168. The van der Waals surface area contributed by atoms with Crippen molar-refractivity contribution in [2.45, 2.75) is 65.0 Å². The second-order valence-corrected chi connectivity index (χ2v) is 11.9. The highest BCUT2D eigenvalue weighted by atomic mass is 16.6. The summed E-state index contributed by atoms with van der Waals surface area (Å²) in [6.45, 7) is 9.64. The predicted molar refractivity (Wildman–Crippen MR) is 155 cm³/mol. The molecule has 2 aromatic heterocycles. The molecule has 1 saturated carbocycles. The Morgan fingerprint density at radius 3 is 2.61 bits per heavy atom. The summed E-state index contributed by atoms with van der Waals surface area (Å²) >= 11 is 0. The fourth-order valence-corrected chi connectivity index (χ4v) is 4.97. The van der Waals surface area contributed by atoms with Gasteiger partial charge in [0.2, 0.25) is 18.3 Å². The quantitative estimate of drug-likeness (QED) is 0.195. The van der Waals surface area contributed by atoms with Gasteiger partial charge in [-0.2, -0.15) is 0 Å². The fraction of sp³-hybridized carbons (Fsp3) is 0.517. The fourth-order valence-electron chi connectivity index (χ4n) is 4.97. The first kappa shape index (κ1) is 28.9. The monoisotopic (exact) mass is 564 g/mol. The number of piperazine rings is 1. The Bertz CT molecular complexity index is 1360. The van der Waals surface area contributed by atoms with Crippen molar-refractivity contribution in [2.75, 3.05) is 31.5 Å². The van der Waals surface area contributed by atoms with Crippen LogP contribution in [-0.4, -0.2) is 79.9 Å². The van der Waals surface area contributed by atoms with Gasteiger partial charge in [0, 0.05) is 50.9 Å². The van der Waals surface area contributed by atoms with Crippen molar-refractivity contribution in [3.63, 3.8) is 0 Å². The van der Waals surface area contributed by atoms with Crippen LogP contribution in [0.4, 0.5) is 11.8 Å². The Kier molecular flexibility index (Phi) is 8.83. The molecule has 1 unspecified atom stereocenters. The van der Waals surface area contributed by atoms with Gasteiger partial charge in [-0.15, -0.1) is 0 Å². The number of fused-ring (bicyclic) bond motifs is 1. The van der Waals surface area contributed by atoms with Crippen LogP contribution >= 0.6 is 0 Å². The SMILES string of the molecule is CC(C)(C)OC(O)N1CCN(Cc2ccnc(Nc3nc4ccc(C(=O)NNC(=O)CC5CCC5)cc4[nH]3)c2)CC1. The highest BCUT2D eigenvalue weighted by molar-refractivity contribution is 5.98. The van der Waals surface area contributed by atoms with Gasteiger partial charge in [-0.25, -0.2) is 9.97 Å². The normalized spacial score (nSPS) is 17.7. The number of hydrogen-bond acceptors (Lipinski definition) is 9. The molecule has 41 heavy (non-hydrogen) atoms. The van der Waals surface area contributed by atoms with Gasteiger partial charge < -0.3 is 20.1 Å². The number of ether oxygens (including phenoxy) is 1. The second-order valence-electron chi connectivity index (χ2n) is 11.9. The average molecular weight is 565 g/mol. The van der Waals surface area contributed by atoms with Crippen LogP contribution in [0.3, 0.4) is 0 Å². The van der Waals surface area contributed by atoms with E-state index in [1.165, 1.54) is 6.42 Å². The largest absolute Gasteiger partial charge is 0.356 e. The number of nitrogens with zero attached hydrogens (tertiary/aromatic N) is 4. The summed E-state index contributed by atoms with van der Waals surface area (Å²) in [5, 5.41) is 13.6. The minimum Gasteiger partial charge on any atom is -0.356 e. The molecule has 3 heterocycles. The van der Waals surface area contributed by atoms with Crippen LogP contribution in [0.5, 0.6) is 0 Å². The lowest BCUT2D eigenvalue weighted by molar-refractivity contribution is -0.244. The van der Waals surface area contributed by atoms with Crippen molar-refractivity contribution >= 4 is 34.6 Å². The topological polar surface area (TPSA) is 148 Å². The number of rotatable bonds is 9. The Morgan fingerprint density at radius 2 is 1.90 bits per heavy atom. The predicted octanol–water partition coefficient (Wildman–Crippen LogP) is 2.86. The van der Waals surface area contributed by atoms with Crippen molar-refractivity contribution in [2.24, 2.45) is 5.92 Å². The van der Waals surface area contributed by atoms with Crippen LogP contribution in [-0.2, 0) is 16.1 Å². The number of aromatic nitrogens is 3. The molecule has 2 fully saturated rings. The number of amides is 2. The summed E-state index contributed by atoms with van der Waals surface area (Å²) in [6, 6.07) is 9.11. The Labute approximate surface area is 239 Å². The zero-order valence-electron chi connectivity index (χ0n) is 23.9. The zero-order valence-corrected chi connectivity index (χ0v) is 23.9. The number of aromatic amines is 1. The number of carbonyl (C=O) groups excluding carboxylic acids is 2. The van der Waals surface area contributed by atoms with Crippen LogP contribution in [0.25, 0.3) is 11.0 Å². The minimum atomic E-state index is -0.898. The van der Waals surface area contributed by atoms with Crippen LogP contribution in [0.15, 0.2) is 36.5 Å². The van der Waals surface area contributed by atoms with Crippen LogP contribution in [0.1, 0.15) is 62.4 Å². The summed E-state index contributed by atoms with van der Waals surface area (Å²) < 4.78 is 5.68. The molecule has 12 heteroatoms. The summed E-state index contributed by atoms with van der Waals surface area (Å²) in [7, 11) is 0. The molecule has 2 aliphatic rings.